The van der Waals surface area contributed by atoms with Gasteiger partial charge in [0.1, 0.15) is 17.3 Å². The molecule has 0 atom stereocenters. The smallest absolute Gasteiger partial charge is 0.282 e. The minimum Gasteiger partial charge on any atom is -0.494 e. The summed E-state index contributed by atoms with van der Waals surface area (Å²) in [4.78, 5) is 31.8. The summed E-state index contributed by atoms with van der Waals surface area (Å²) in [7, 11) is 0. The molecule has 6 rings (SSSR count). The number of nitrogens with zero attached hydrogens (tertiary/aromatic N) is 3. The number of anilines is 1. The molecule has 242 valence electrons. The molecule has 0 aliphatic heterocycles. The minimum absolute atomic E-state index is 0.0623. The van der Waals surface area contributed by atoms with Gasteiger partial charge in [-0.1, -0.05) is 68.4 Å². The molecule has 1 N–H and O–H groups in total. The predicted octanol–water partition coefficient (Wildman–Crippen LogP) is 8.09. The van der Waals surface area contributed by atoms with Gasteiger partial charge in [-0.05, 0) is 84.1 Å². The van der Waals surface area contributed by atoms with Crippen molar-refractivity contribution in [3.05, 3.63) is 130 Å². The van der Waals surface area contributed by atoms with E-state index in [0.29, 0.717) is 34.6 Å². The molecule has 0 saturated carbocycles. The van der Waals surface area contributed by atoms with Gasteiger partial charge in [-0.2, -0.15) is 9.78 Å². The summed E-state index contributed by atoms with van der Waals surface area (Å²) in [6.07, 6.45) is 1.56. The molecule has 1 amide bonds. The second-order valence-corrected chi connectivity index (χ2v) is 11.6. The maximum Gasteiger partial charge on any atom is 0.282 e. The van der Waals surface area contributed by atoms with Crippen molar-refractivity contribution in [1.29, 1.82) is 0 Å². The van der Waals surface area contributed by atoms with Crippen LogP contribution in [0, 0.1) is 12.7 Å². The van der Waals surface area contributed by atoms with E-state index in [1.54, 1.807) is 36.5 Å². The van der Waals surface area contributed by atoms with Gasteiger partial charge < -0.3 is 14.8 Å². The van der Waals surface area contributed by atoms with Gasteiger partial charge in [0, 0.05) is 11.1 Å². The fourth-order valence-electron chi connectivity index (χ4n) is 5.62. The van der Waals surface area contributed by atoms with Crippen molar-refractivity contribution in [3.63, 3.8) is 0 Å². The number of ether oxygens (including phenoxy) is 2. The van der Waals surface area contributed by atoms with Crippen molar-refractivity contribution >= 4 is 39.5 Å². The molecule has 1 aromatic heterocycles. The van der Waals surface area contributed by atoms with Crippen molar-refractivity contribution in [2.75, 3.05) is 18.5 Å². The lowest BCUT2D eigenvalue weighted by atomic mass is 9.96. The van der Waals surface area contributed by atoms with Gasteiger partial charge in [-0.3, -0.25) is 9.59 Å². The molecular weight excluding hydrogens is 607 g/mol. The molecule has 0 fully saturated rings. The SMILES string of the molecule is CCOc1cc(C)c(-c2nc3ccccc3c(=O)n2N=Cc2c(OCC(=O)Nc3ccccc3F)ccc3ccccc23)cc1C(C)C. The van der Waals surface area contributed by atoms with Crippen LogP contribution in [0.2, 0.25) is 0 Å². The van der Waals surface area contributed by atoms with Crippen LogP contribution in [0.4, 0.5) is 10.1 Å². The first-order chi connectivity index (χ1) is 23.2. The van der Waals surface area contributed by atoms with E-state index in [1.807, 2.05) is 68.4 Å². The van der Waals surface area contributed by atoms with Crippen LogP contribution in [-0.4, -0.2) is 35.0 Å². The van der Waals surface area contributed by atoms with Gasteiger partial charge in [-0.15, -0.1) is 0 Å². The van der Waals surface area contributed by atoms with Gasteiger partial charge in [0.15, 0.2) is 12.4 Å². The summed E-state index contributed by atoms with van der Waals surface area (Å²) in [6.45, 7) is 8.25. The van der Waals surface area contributed by atoms with Crippen molar-refractivity contribution in [2.45, 2.75) is 33.6 Å². The van der Waals surface area contributed by atoms with Gasteiger partial charge >= 0.3 is 0 Å². The molecule has 0 spiro atoms. The molecule has 8 nitrogen and oxygen atoms in total. The van der Waals surface area contributed by atoms with Crippen LogP contribution in [0.5, 0.6) is 11.5 Å². The van der Waals surface area contributed by atoms with Gasteiger partial charge in [-0.25, -0.2) is 9.37 Å². The standard InChI is InChI=1S/C39H35FN4O4/c1-5-47-36-20-25(4)30(21-29(36)24(2)3)38-43-33-16-10-8-14-28(33)39(46)44(38)41-22-31-27-13-7-6-12-26(27)18-19-35(31)48-23-37(45)42-34-17-11-9-15-32(34)40/h6-22,24H,5,23H2,1-4H3,(H,42,45). The third kappa shape index (κ3) is 6.53. The second-order valence-electron chi connectivity index (χ2n) is 11.6. The van der Waals surface area contributed by atoms with Crippen LogP contribution in [0.15, 0.2) is 107 Å². The monoisotopic (exact) mass is 642 g/mol. The summed E-state index contributed by atoms with van der Waals surface area (Å²) in [5, 5.41) is 9.42. The molecule has 5 aromatic carbocycles. The summed E-state index contributed by atoms with van der Waals surface area (Å²) >= 11 is 0. The lowest BCUT2D eigenvalue weighted by Crippen LogP contribution is -2.22. The number of halogens is 1. The second kappa shape index (κ2) is 13.9. The van der Waals surface area contributed by atoms with E-state index in [-0.39, 0.29) is 23.8 Å². The number of aryl methyl sites for hydroxylation is 1. The van der Waals surface area contributed by atoms with E-state index in [2.05, 4.69) is 19.2 Å². The number of amides is 1. The number of aromatic nitrogens is 2. The summed E-state index contributed by atoms with van der Waals surface area (Å²) in [5.74, 6) is 0.621. The van der Waals surface area contributed by atoms with Crippen LogP contribution in [0.3, 0.4) is 0 Å². The Morgan fingerprint density at radius 3 is 2.44 bits per heavy atom. The number of carbonyl (C=O) groups excluding carboxylic acids is 1. The zero-order valence-electron chi connectivity index (χ0n) is 27.2. The van der Waals surface area contributed by atoms with E-state index in [0.717, 1.165) is 33.2 Å². The average molecular weight is 643 g/mol. The maximum atomic E-state index is 14.1. The van der Waals surface area contributed by atoms with E-state index in [1.165, 1.54) is 16.8 Å². The van der Waals surface area contributed by atoms with Gasteiger partial charge in [0.05, 0.1) is 29.4 Å². The third-order valence-electron chi connectivity index (χ3n) is 8.01. The maximum absolute atomic E-state index is 14.1. The lowest BCUT2D eigenvalue weighted by Gasteiger charge is -2.18. The highest BCUT2D eigenvalue weighted by Crippen LogP contribution is 2.34. The highest BCUT2D eigenvalue weighted by atomic mass is 19.1. The van der Waals surface area contributed by atoms with Crippen molar-refractivity contribution in [2.24, 2.45) is 5.10 Å². The Hall–Kier alpha value is -5.83. The van der Waals surface area contributed by atoms with Gasteiger partial charge in [0.25, 0.3) is 11.5 Å². The zero-order valence-corrected chi connectivity index (χ0v) is 27.2. The van der Waals surface area contributed by atoms with E-state index < -0.39 is 11.7 Å². The Balaban J connectivity index is 1.46. The van der Waals surface area contributed by atoms with Crippen molar-refractivity contribution in [1.82, 2.24) is 9.66 Å². The molecule has 6 aromatic rings. The first-order valence-electron chi connectivity index (χ1n) is 15.8. The van der Waals surface area contributed by atoms with E-state index in [9.17, 15) is 14.0 Å². The van der Waals surface area contributed by atoms with Crippen LogP contribution < -0.4 is 20.3 Å². The Morgan fingerprint density at radius 1 is 0.938 bits per heavy atom. The number of benzene rings is 5. The fourth-order valence-corrected chi connectivity index (χ4v) is 5.62. The fraction of sp³-hybridized carbons (Fsp3) is 0.179. The Kier molecular flexibility index (Phi) is 9.29. The summed E-state index contributed by atoms with van der Waals surface area (Å²) < 4.78 is 27.4. The molecule has 0 aliphatic carbocycles. The molecule has 0 bridgehead atoms. The third-order valence-corrected chi connectivity index (χ3v) is 8.01. The molecule has 48 heavy (non-hydrogen) atoms. The quantitative estimate of drug-likeness (QED) is 0.153. The number of carbonyl (C=O) groups is 1. The topological polar surface area (TPSA) is 94.8 Å². The normalized spacial score (nSPS) is 11.5. The van der Waals surface area contributed by atoms with Crippen LogP contribution in [0.25, 0.3) is 33.1 Å². The Bertz CT molecular complexity index is 2240. The highest BCUT2D eigenvalue weighted by Gasteiger charge is 2.19. The van der Waals surface area contributed by atoms with Crippen molar-refractivity contribution in [3.8, 4) is 22.9 Å². The summed E-state index contributed by atoms with van der Waals surface area (Å²) in [5.41, 5.74) is 3.46. The van der Waals surface area contributed by atoms with E-state index in [4.69, 9.17) is 19.6 Å². The largest absolute Gasteiger partial charge is 0.494 e. The first kappa shape index (κ1) is 32.1. The average Bonchev–Trinajstić information content (AvgIpc) is 3.08. The minimum atomic E-state index is -0.544. The zero-order chi connectivity index (χ0) is 33.8. The molecule has 0 radical (unpaired) electrons. The highest BCUT2D eigenvalue weighted by molar-refractivity contribution is 6.03. The van der Waals surface area contributed by atoms with Crippen LogP contribution in [0.1, 0.15) is 43.4 Å². The molecular formula is C39H35FN4O4. The van der Waals surface area contributed by atoms with Crippen molar-refractivity contribution < 1.29 is 18.7 Å². The summed E-state index contributed by atoms with van der Waals surface area (Å²) in [6, 6.07) is 28.4. The first-order valence-corrected chi connectivity index (χ1v) is 15.8. The molecule has 0 unspecified atom stereocenters. The van der Waals surface area contributed by atoms with E-state index >= 15 is 0 Å². The molecule has 1 heterocycles. The lowest BCUT2D eigenvalue weighted by molar-refractivity contribution is -0.118. The molecule has 0 aliphatic rings. The predicted molar refractivity (Wildman–Crippen MR) is 189 cm³/mol. The number of hydrogen-bond acceptors (Lipinski definition) is 6. The molecule has 0 saturated heterocycles. The molecule has 9 heteroatoms. The van der Waals surface area contributed by atoms with Crippen LogP contribution >= 0.6 is 0 Å². The number of rotatable bonds is 10. The Morgan fingerprint density at radius 2 is 1.67 bits per heavy atom. The number of nitrogens with one attached hydrogen (secondary N) is 1. The number of fused-ring (bicyclic) bond motifs is 2. The number of para-hydroxylation sites is 2. The Labute approximate surface area is 277 Å². The number of hydrogen-bond donors (Lipinski definition) is 1. The van der Waals surface area contributed by atoms with Crippen LogP contribution in [-0.2, 0) is 4.79 Å². The van der Waals surface area contributed by atoms with Gasteiger partial charge in [0.2, 0.25) is 0 Å².